The number of hydrogen-bond acceptors (Lipinski definition) is 4. The Hall–Kier alpha value is -3.16. The van der Waals surface area contributed by atoms with Gasteiger partial charge in [-0.05, 0) is 17.2 Å². The molecule has 130 valence electrons. The van der Waals surface area contributed by atoms with Crippen molar-refractivity contribution in [1.29, 1.82) is 0 Å². The summed E-state index contributed by atoms with van der Waals surface area (Å²) in [6, 6.07) is 8.50. The van der Waals surface area contributed by atoms with Crippen LogP contribution in [0.15, 0.2) is 36.4 Å². The van der Waals surface area contributed by atoms with Gasteiger partial charge in [0, 0.05) is 17.1 Å². The fourth-order valence-corrected chi connectivity index (χ4v) is 2.36. The van der Waals surface area contributed by atoms with Gasteiger partial charge in [-0.25, -0.2) is 19.2 Å². The second-order valence-corrected chi connectivity index (χ2v) is 4.68. The second-order valence-electron chi connectivity index (χ2n) is 4.68. The van der Waals surface area contributed by atoms with Crippen molar-refractivity contribution in [3.05, 3.63) is 58.7 Å². The Morgan fingerprint density at radius 1 is 0.640 bits per heavy atom. The van der Waals surface area contributed by atoms with E-state index < -0.39 is 46.1 Å². The van der Waals surface area contributed by atoms with Gasteiger partial charge < -0.3 is 20.4 Å². The van der Waals surface area contributed by atoms with Crippen LogP contribution >= 0.6 is 0 Å². The van der Waals surface area contributed by atoms with Gasteiger partial charge in [0.2, 0.25) is 0 Å². The number of carboxylic acids is 4. The maximum absolute atomic E-state index is 11.6. The first-order valence-corrected chi connectivity index (χ1v) is 6.45. The molecule has 2 rings (SSSR count). The molecular weight excluding hydrogens is 376 g/mol. The summed E-state index contributed by atoms with van der Waals surface area (Å²) in [5.74, 6) is -7.04. The Labute approximate surface area is 150 Å². The molecule has 0 atom stereocenters. The van der Waals surface area contributed by atoms with Gasteiger partial charge in [0.1, 0.15) is 0 Å². The smallest absolute Gasteiger partial charge is 0.337 e. The molecule has 0 spiro atoms. The van der Waals surface area contributed by atoms with Crippen LogP contribution in [0.25, 0.3) is 11.1 Å². The molecule has 0 fully saturated rings. The van der Waals surface area contributed by atoms with Crippen molar-refractivity contribution in [3.63, 3.8) is 0 Å². The van der Waals surface area contributed by atoms with E-state index in [1.54, 1.807) is 18.2 Å². The molecule has 2 aromatic carbocycles. The van der Waals surface area contributed by atoms with Crippen LogP contribution in [0.4, 0.5) is 0 Å². The van der Waals surface area contributed by atoms with Crippen LogP contribution in [0.2, 0.25) is 0 Å². The first kappa shape index (κ1) is 19.9. The number of rotatable bonds is 5. The topological polar surface area (TPSA) is 149 Å². The van der Waals surface area contributed by atoms with Crippen LogP contribution in [0.1, 0.15) is 41.4 Å². The van der Waals surface area contributed by atoms with E-state index >= 15 is 0 Å². The minimum Gasteiger partial charge on any atom is -0.478 e. The average Bonchev–Trinajstić information content (AvgIpc) is 2.53. The average molecular weight is 386 g/mol. The summed E-state index contributed by atoms with van der Waals surface area (Å²) in [5.41, 5.74) is -3.68. The zero-order valence-electron chi connectivity index (χ0n) is 12.2. The van der Waals surface area contributed by atoms with E-state index in [1.165, 1.54) is 12.1 Å². The van der Waals surface area contributed by atoms with Gasteiger partial charge in [-0.3, -0.25) is 0 Å². The molecule has 0 saturated carbocycles. The van der Waals surface area contributed by atoms with Gasteiger partial charge >= 0.3 is 23.9 Å². The largest absolute Gasteiger partial charge is 0.478 e. The molecule has 0 aromatic heterocycles. The SMILES string of the molecule is O=C(O)c1cc(-c2ccccc2)c(C(=O)O)c(C(=O)O)c1C(=O)O.[Fe]. The minimum atomic E-state index is -1.84. The normalized spacial score (nSPS) is 9.76. The van der Waals surface area contributed by atoms with Crippen LogP contribution in [-0.2, 0) is 17.1 Å². The van der Waals surface area contributed by atoms with Crippen LogP contribution in [0.3, 0.4) is 0 Å². The van der Waals surface area contributed by atoms with E-state index in [0.717, 1.165) is 6.07 Å². The molecule has 8 nitrogen and oxygen atoms in total. The Bertz CT molecular complexity index is 873. The summed E-state index contributed by atoms with van der Waals surface area (Å²) < 4.78 is 0. The van der Waals surface area contributed by atoms with E-state index in [9.17, 15) is 39.6 Å². The van der Waals surface area contributed by atoms with E-state index in [4.69, 9.17) is 0 Å². The van der Waals surface area contributed by atoms with Gasteiger partial charge in [-0.1, -0.05) is 30.3 Å². The summed E-state index contributed by atoms with van der Waals surface area (Å²) >= 11 is 0. The minimum absolute atomic E-state index is 0. The summed E-state index contributed by atoms with van der Waals surface area (Å²) in [4.78, 5) is 45.8. The van der Waals surface area contributed by atoms with Crippen LogP contribution in [-0.4, -0.2) is 44.3 Å². The second kappa shape index (κ2) is 7.61. The van der Waals surface area contributed by atoms with Gasteiger partial charge in [-0.2, -0.15) is 0 Å². The van der Waals surface area contributed by atoms with Crippen molar-refractivity contribution in [1.82, 2.24) is 0 Å². The first-order valence-electron chi connectivity index (χ1n) is 6.45. The van der Waals surface area contributed by atoms with Crippen molar-refractivity contribution < 1.29 is 56.7 Å². The quantitative estimate of drug-likeness (QED) is 0.571. The van der Waals surface area contributed by atoms with Gasteiger partial charge in [-0.15, -0.1) is 0 Å². The summed E-state index contributed by atoms with van der Waals surface area (Å²) in [5, 5.41) is 37.1. The number of carboxylic acid groups (broad SMARTS) is 4. The molecule has 0 heterocycles. The molecule has 25 heavy (non-hydrogen) atoms. The Morgan fingerprint density at radius 2 is 1.12 bits per heavy atom. The van der Waals surface area contributed by atoms with Gasteiger partial charge in [0.25, 0.3) is 0 Å². The monoisotopic (exact) mass is 386 g/mol. The predicted molar refractivity (Wildman–Crippen MR) is 79.7 cm³/mol. The summed E-state index contributed by atoms with van der Waals surface area (Å²) in [7, 11) is 0. The van der Waals surface area contributed by atoms with Gasteiger partial charge in [0.05, 0.1) is 22.3 Å². The molecule has 0 amide bonds. The van der Waals surface area contributed by atoms with Gasteiger partial charge in [0.15, 0.2) is 0 Å². The molecule has 2 aromatic rings. The number of hydrogen-bond donors (Lipinski definition) is 4. The van der Waals surface area contributed by atoms with E-state index in [1.807, 2.05) is 0 Å². The molecule has 0 aliphatic rings. The fraction of sp³-hybridized carbons (Fsp3) is 0. The predicted octanol–water partition coefficient (Wildman–Crippen LogP) is 2.14. The van der Waals surface area contributed by atoms with Crippen molar-refractivity contribution in [2.75, 3.05) is 0 Å². The maximum Gasteiger partial charge on any atom is 0.337 e. The molecule has 0 aliphatic carbocycles. The maximum atomic E-state index is 11.6. The van der Waals surface area contributed by atoms with Crippen LogP contribution < -0.4 is 0 Å². The Balaban J connectivity index is 0.00000312. The number of aromatic carboxylic acids is 4. The summed E-state index contributed by atoms with van der Waals surface area (Å²) in [6.07, 6.45) is 0. The fourth-order valence-electron chi connectivity index (χ4n) is 2.36. The first-order chi connectivity index (χ1) is 11.3. The zero-order chi connectivity index (χ0) is 18.0. The standard InChI is InChI=1S/C16H10O8.Fe/c17-13(18)9-6-8(7-4-2-1-3-5-7)10(14(19)20)12(16(23)24)11(9)15(21)22;/h1-6H,(H,17,18)(H,19,20)(H,21,22)(H,23,24);. The molecular formula is C16H10FeO8. The molecule has 9 heteroatoms. The van der Waals surface area contributed by atoms with Crippen molar-refractivity contribution in [2.24, 2.45) is 0 Å². The van der Waals surface area contributed by atoms with Crippen molar-refractivity contribution >= 4 is 23.9 Å². The molecule has 0 saturated heterocycles. The number of carbonyl (C=O) groups is 4. The zero-order valence-corrected chi connectivity index (χ0v) is 13.3. The Kier molecular flexibility index (Phi) is 6.05. The van der Waals surface area contributed by atoms with E-state index in [0.29, 0.717) is 0 Å². The van der Waals surface area contributed by atoms with Crippen molar-refractivity contribution in [3.8, 4) is 11.1 Å². The van der Waals surface area contributed by atoms with Crippen LogP contribution in [0, 0.1) is 0 Å². The molecule has 0 unspecified atom stereocenters. The summed E-state index contributed by atoms with van der Waals surface area (Å²) in [6.45, 7) is 0. The molecule has 0 radical (unpaired) electrons. The third-order valence-corrected chi connectivity index (χ3v) is 3.28. The van der Waals surface area contributed by atoms with E-state index in [2.05, 4.69) is 0 Å². The Morgan fingerprint density at radius 3 is 1.52 bits per heavy atom. The molecule has 0 bridgehead atoms. The van der Waals surface area contributed by atoms with E-state index in [-0.39, 0.29) is 28.2 Å². The molecule has 4 N–H and O–H groups in total. The third-order valence-electron chi connectivity index (χ3n) is 3.28. The molecule has 0 aliphatic heterocycles. The number of benzene rings is 2. The van der Waals surface area contributed by atoms with Crippen LogP contribution in [0.5, 0.6) is 0 Å². The third kappa shape index (κ3) is 3.68. The van der Waals surface area contributed by atoms with Crippen molar-refractivity contribution in [2.45, 2.75) is 0 Å².